The lowest BCUT2D eigenvalue weighted by Crippen LogP contribution is -2.23. The number of hydrogen-bond acceptors (Lipinski definition) is 3. The molecular weight excluding hydrogens is 238 g/mol. The van der Waals surface area contributed by atoms with Crippen molar-refractivity contribution in [2.75, 3.05) is 13.1 Å². The van der Waals surface area contributed by atoms with Crippen LogP contribution in [0.5, 0.6) is 0 Å². The van der Waals surface area contributed by atoms with Gasteiger partial charge in [-0.15, -0.1) is 0 Å². The Bertz CT molecular complexity index is 391. The Morgan fingerprint density at radius 3 is 2.76 bits per heavy atom. The van der Waals surface area contributed by atoms with Crippen LogP contribution in [-0.4, -0.2) is 39.0 Å². The third-order valence-corrected chi connectivity index (χ3v) is 3.75. The van der Waals surface area contributed by atoms with E-state index in [1.54, 1.807) is 0 Å². The van der Waals surface area contributed by atoms with Crippen molar-refractivity contribution < 1.29 is 5.11 Å². The number of aryl methyl sites for hydroxylation is 2. The molecule has 0 aliphatic carbocycles. The Morgan fingerprint density at radius 2 is 2.24 bits per heavy atom. The van der Waals surface area contributed by atoms with Crippen molar-refractivity contribution in [3.8, 4) is 0 Å². The Labute approximate surface area is 107 Å². The van der Waals surface area contributed by atoms with E-state index in [2.05, 4.69) is 23.8 Å². The number of hydrogen-bond donors (Lipinski definition) is 1. The molecule has 96 valence electrons. The average molecular weight is 258 g/mol. The van der Waals surface area contributed by atoms with Gasteiger partial charge in [0.2, 0.25) is 0 Å². The molecule has 0 bridgehead atoms. The molecule has 1 aliphatic rings. The van der Waals surface area contributed by atoms with Crippen LogP contribution < -0.4 is 0 Å². The molecule has 1 aromatic rings. The van der Waals surface area contributed by atoms with E-state index in [1.165, 1.54) is 0 Å². The van der Waals surface area contributed by atoms with Gasteiger partial charge in [0.05, 0.1) is 22.5 Å². The number of aromatic nitrogens is 2. The fourth-order valence-corrected chi connectivity index (χ4v) is 2.66. The summed E-state index contributed by atoms with van der Waals surface area (Å²) in [6.07, 6.45) is 1.54. The number of rotatable bonds is 4. The third-order valence-electron chi connectivity index (χ3n) is 3.32. The number of aliphatic hydroxyl groups is 1. The number of likely N-dealkylation sites (tertiary alicyclic amines) is 1. The second-order valence-corrected chi connectivity index (χ2v) is 4.93. The number of β-amino-alcohol motifs (C(OH)–C–C–N with tert-alkyl or cyclic N) is 1. The maximum absolute atomic E-state index is 9.53. The van der Waals surface area contributed by atoms with Gasteiger partial charge in [-0.3, -0.25) is 9.58 Å². The number of aliphatic hydroxyl groups excluding tert-OH is 1. The molecule has 0 unspecified atom stereocenters. The quantitative estimate of drug-likeness (QED) is 0.893. The maximum Gasteiger partial charge on any atom is 0.0863 e. The van der Waals surface area contributed by atoms with Crippen molar-refractivity contribution >= 4 is 11.6 Å². The molecule has 0 spiro atoms. The van der Waals surface area contributed by atoms with Gasteiger partial charge in [-0.05, 0) is 19.8 Å². The lowest BCUT2D eigenvalue weighted by atomic mass is 10.3. The lowest BCUT2D eigenvalue weighted by molar-refractivity contribution is 0.174. The monoisotopic (exact) mass is 257 g/mol. The second kappa shape index (κ2) is 5.38. The summed E-state index contributed by atoms with van der Waals surface area (Å²) in [6, 6.07) is 0. The van der Waals surface area contributed by atoms with E-state index in [0.29, 0.717) is 0 Å². The smallest absolute Gasteiger partial charge is 0.0863 e. The standard InChI is InChI=1S/C12H20ClN3O/c1-3-10-12(13)11(16(4-2)14-10)8-15-6-5-9(17)7-15/h9,17H,3-8H2,1-2H3/t9-/m0/s1. The van der Waals surface area contributed by atoms with Crippen LogP contribution in [-0.2, 0) is 19.5 Å². The topological polar surface area (TPSA) is 41.3 Å². The molecule has 17 heavy (non-hydrogen) atoms. The van der Waals surface area contributed by atoms with E-state index in [-0.39, 0.29) is 6.10 Å². The molecular formula is C12H20ClN3O. The van der Waals surface area contributed by atoms with E-state index in [9.17, 15) is 5.11 Å². The van der Waals surface area contributed by atoms with Crippen LogP contribution >= 0.6 is 11.6 Å². The molecule has 2 rings (SSSR count). The molecule has 1 aliphatic heterocycles. The molecule has 1 atom stereocenters. The van der Waals surface area contributed by atoms with Crippen molar-refractivity contribution in [3.05, 3.63) is 16.4 Å². The van der Waals surface area contributed by atoms with E-state index in [0.717, 1.165) is 55.4 Å². The minimum atomic E-state index is -0.183. The first-order valence-corrected chi connectivity index (χ1v) is 6.68. The highest BCUT2D eigenvalue weighted by Crippen LogP contribution is 2.24. The normalized spacial score (nSPS) is 21.3. The zero-order valence-corrected chi connectivity index (χ0v) is 11.2. The first kappa shape index (κ1) is 12.9. The van der Waals surface area contributed by atoms with Crippen LogP contribution in [0, 0.1) is 0 Å². The van der Waals surface area contributed by atoms with Crippen LogP contribution in [0.2, 0.25) is 5.02 Å². The highest BCUT2D eigenvalue weighted by molar-refractivity contribution is 6.31. The zero-order valence-electron chi connectivity index (χ0n) is 10.5. The lowest BCUT2D eigenvalue weighted by Gasteiger charge is -2.15. The Hall–Kier alpha value is -0.580. The predicted molar refractivity (Wildman–Crippen MR) is 68.2 cm³/mol. The summed E-state index contributed by atoms with van der Waals surface area (Å²) in [6.45, 7) is 7.45. The average Bonchev–Trinajstić information content (AvgIpc) is 2.85. The first-order chi connectivity index (χ1) is 8.15. The molecule has 0 aromatic carbocycles. The van der Waals surface area contributed by atoms with E-state index in [1.807, 2.05) is 4.68 Å². The van der Waals surface area contributed by atoms with Gasteiger partial charge >= 0.3 is 0 Å². The summed E-state index contributed by atoms with van der Waals surface area (Å²) in [5, 5.41) is 14.8. The minimum Gasteiger partial charge on any atom is -0.392 e. The molecule has 1 fully saturated rings. The maximum atomic E-state index is 9.53. The molecule has 2 heterocycles. The summed E-state index contributed by atoms with van der Waals surface area (Å²) in [5.41, 5.74) is 2.06. The molecule has 0 radical (unpaired) electrons. The van der Waals surface area contributed by atoms with Crippen molar-refractivity contribution in [3.63, 3.8) is 0 Å². The van der Waals surface area contributed by atoms with Crippen LogP contribution in [0.15, 0.2) is 0 Å². The number of nitrogens with zero attached hydrogens (tertiary/aromatic N) is 3. The van der Waals surface area contributed by atoms with Gasteiger partial charge < -0.3 is 5.11 Å². The summed E-state index contributed by atoms with van der Waals surface area (Å²) in [5.74, 6) is 0. The summed E-state index contributed by atoms with van der Waals surface area (Å²) in [7, 11) is 0. The Balaban J connectivity index is 2.16. The molecule has 4 nitrogen and oxygen atoms in total. The highest BCUT2D eigenvalue weighted by Gasteiger charge is 2.23. The largest absolute Gasteiger partial charge is 0.392 e. The fourth-order valence-electron chi connectivity index (χ4n) is 2.34. The van der Waals surface area contributed by atoms with Crippen molar-refractivity contribution in [1.82, 2.24) is 14.7 Å². The Morgan fingerprint density at radius 1 is 1.47 bits per heavy atom. The molecule has 1 N–H and O–H groups in total. The first-order valence-electron chi connectivity index (χ1n) is 6.30. The second-order valence-electron chi connectivity index (χ2n) is 4.55. The van der Waals surface area contributed by atoms with E-state index in [4.69, 9.17) is 11.6 Å². The van der Waals surface area contributed by atoms with Crippen molar-refractivity contribution in [1.29, 1.82) is 0 Å². The van der Waals surface area contributed by atoms with Crippen molar-refractivity contribution in [2.45, 2.75) is 45.9 Å². The highest BCUT2D eigenvalue weighted by atomic mass is 35.5. The Kier molecular flexibility index (Phi) is 4.07. The zero-order chi connectivity index (χ0) is 12.4. The van der Waals surface area contributed by atoms with Crippen LogP contribution in [0.4, 0.5) is 0 Å². The molecule has 5 heteroatoms. The summed E-state index contributed by atoms with van der Waals surface area (Å²) >= 11 is 6.35. The molecule has 0 saturated carbocycles. The van der Waals surface area contributed by atoms with E-state index < -0.39 is 0 Å². The molecule has 1 aromatic heterocycles. The predicted octanol–water partition coefficient (Wildman–Crippen LogP) is 1.69. The third kappa shape index (κ3) is 2.64. The van der Waals surface area contributed by atoms with E-state index >= 15 is 0 Å². The molecule has 0 amide bonds. The van der Waals surface area contributed by atoms with Crippen molar-refractivity contribution in [2.24, 2.45) is 0 Å². The van der Waals surface area contributed by atoms with Crippen LogP contribution in [0.3, 0.4) is 0 Å². The minimum absolute atomic E-state index is 0.183. The summed E-state index contributed by atoms with van der Waals surface area (Å²) < 4.78 is 1.98. The van der Waals surface area contributed by atoms with Gasteiger partial charge in [-0.1, -0.05) is 18.5 Å². The van der Waals surface area contributed by atoms with Gasteiger partial charge in [0, 0.05) is 26.2 Å². The summed E-state index contributed by atoms with van der Waals surface area (Å²) in [4.78, 5) is 2.24. The number of halogens is 1. The van der Waals surface area contributed by atoms with Crippen LogP contribution in [0.25, 0.3) is 0 Å². The SMILES string of the molecule is CCc1nn(CC)c(CN2CC[C@H](O)C2)c1Cl. The fraction of sp³-hybridized carbons (Fsp3) is 0.750. The van der Waals surface area contributed by atoms with Crippen LogP contribution in [0.1, 0.15) is 31.7 Å². The van der Waals surface area contributed by atoms with Gasteiger partial charge in [0.25, 0.3) is 0 Å². The van der Waals surface area contributed by atoms with Gasteiger partial charge in [0.1, 0.15) is 0 Å². The van der Waals surface area contributed by atoms with Gasteiger partial charge in [0.15, 0.2) is 0 Å². The molecule has 1 saturated heterocycles. The van der Waals surface area contributed by atoms with Gasteiger partial charge in [-0.2, -0.15) is 5.10 Å². The van der Waals surface area contributed by atoms with Gasteiger partial charge in [-0.25, -0.2) is 0 Å².